The largest absolute Gasteiger partial charge is 0.354 e. The molecule has 0 saturated heterocycles. The third-order valence-electron chi connectivity index (χ3n) is 2.69. The van der Waals surface area contributed by atoms with Gasteiger partial charge in [0, 0.05) is 10.7 Å². The van der Waals surface area contributed by atoms with Crippen LogP contribution in [-0.4, -0.2) is 13.2 Å². The number of benzene rings is 1. The van der Waals surface area contributed by atoms with E-state index in [1.807, 2.05) is 32.0 Å². The van der Waals surface area contributed by atoms with E-state index in [0.717, 1.165) is 29.1 Å². The van der Waals surface area contributed by atoms with E-state index < -0.39 is 7.60 Å². The van der Waals surface area contributed by atoms with Crippen LogP contribution in [0.15, 0.2) is 45.9 Å². The van der Waals surface area contributed by atoms with Crippen LogP contribution in [-0.2, 0) is 13.6 Å². The van der Waals surface area contributed by atoms with Crippen molar-refractivity contribution in [2.45, 2.75) is 44.9 Å². The summed E-state index contributed by atoms with van der Waals surface area (Å²) in [5.41, 5.74) is 0. The molecule has 0 spiro atoms. The molecule has 0 saturated carbocycles. The van der Waals surface area contributed by atoms with Gasteiger partial charge in [0.05, 0.1) is 13.2 Å². The van der Waals surface area contributed by atoms with Crippen molar-refractivity contribution in [3.63, 3.8) is 0 Å². The van der Waals surface area contributed by atoms with Gasteiger partial charge in [0.1, 0.15) is 0 Å². The first kappa shape index (κ1) is 18.5. The molecule has 0 amide bonds. The highest BCUT2D eigenvalue weighted by atomic mass is 32.2. The summed E-state index contributed by atoms with van der Waals surface area (Å²) in [5.74, 6) is 1.70. The van der Waals surface area contributed by atoms with Crippen LogP contribution in [0, 0.1) is 0 Å². The predicted molar refractivity (Wildman–Crippen MR) is 90.8 cm³/mol. The average molecular weight is 328 g/mol. The maximum absolute atomic E-state index is 12.6. The minimum Gasteiger partial charge on any atom is -0.306 e. The lowest BCUT2D eigenvalue weighted by Crippen LogP contribution is -1.94. The minimum atomic E-state index is -3.14. The van der Waals surface area contributed by atoms with Crippen molar-refractivity contribution in [3.05, 3.63) is 41.1 Å². The van der Waals surface area contributed by atoms with Gasteiger partial charge in [0.2, 0.25) is 0 Å². The molecule has 0 bridgehead atoms. The summed E-state index contributed by atoms with van der Waals surface area (Å²) >= 11 is 1.64. The molecule has 1 aromatic carbocycles. The monoisotopic (exact) mass is 328 g/mol. The first-order valence-electron chi connectivity index (χ1n) is 7.47. The van der Waals surface area contributed by atoms with Gasteiger partial charge in [-0.2, -0.15) is 0 Å². The molecule has 0 N–H and O–H groups in total. The lowest BCUT2D eigenvalue weighted by molar-refractivity contribution is 0.229. The number of thioether (sulfide) groups is 1. The molecule has 0 aliphatic heterocycles. The highest BCUT2D eigenvalue weighted by Gasteiger charge is 2.21. The van der Waals surface area contributed by atoms with Crippen LogP contribution in [0.4, 0.5) is 0 Å². The number of unbranched alkanes of at least 4 members (excludes halogenated alkanes) is 1. The standard InChI is InChI=1S/C16H25O3PS/c1-4-7-11-16(21-15-12-9-8-10-13-15)14-20(17,18-5-2)19-6-3/h8-10,12-14H,4-7,11H2,1-3H3/b16-14-. The van der Waals surface area contributed by atoms with Crippen molar-refractivity contribution in [2.75, 3.05) is 13.2 Å². The molecule has 118 valence electrons. The zero-order chi connectivity index (χ0) is 15.6. The first-order chi connectivity index (χ1) is 10.1. The van der Waals surface area contributed by atoms with Crippen molar-refractivity contribution in [2.24, 2.45) is 0 Å². The summed E-state index contributed by atoms with van der Waals surface area (Å²) in [6, 6.07) is 10.1. The van der Waals surface area contributed by atoms with Crippen LogP contribution in [0.5, 0.6) is 0 Å². The summed E-state index contributed by atoms with van der Waals surface area (Å²) in [6.07, 6.45) is 3.05. The Kier molecular flexibility index (Phi) is 9.02. The Bertz CT molecular complexity index is 464. The van der Waals surface area contributed by atoms with Gasteiger partial charge in [-0.3, -0.25) is 4.57 Å². The Balaban J connectivity index is 2.93. The van der Waals surface area contributed by atoms with Gasteiger partial charge in [-0.1, -0.05) is 43.3 Å². The predicted octanol–water partition coefficient (Wildman–Crippen LogP) is 6.08. The molecular weight excluding hydrogens is 303 g/mol. The minimum absolute atomic E-state index is 0.380. The summed E-state index contributed by atoms with van der Waals surface area (Å²) in [7, 11) is -3.14. The fourth-order valence-electron chi connectivity index (χ4n) is 1.78. The average Bonchev–Trinajstić information content (AvgIpc) is 2.46. The maximum Gasteiger partial charge on any atom is 0.354 e. The topological polar surface area (TPSA) is 35.5 Å². The van der Waals surface area contributed by atoms with Crippen molar-refractivity contribution < 1.29 is 13.6 Å². The second-order valence-corrected chi connectivity index (χ2v) is 7.54. The molecule has 5 heteroatoms. The summed E-state index contributed by atoms with van der Waals surface area (Å²) < 4.78 is 23.4. The van der Waals surface area contributed by atoms with Crippen LogP contribution < -0.4 is 0 Å². The second kappa shape index (κ2) is 10.2. The van der Waals surface area contributed by atoms with E-state index in [4.69, 9.17) is 9.05 Å². The van der Waals surface area contributed by atoms with Crippen molar-refractivity contribution in [3.8, 4) is 0 Å². The van der Waals surface area contributed by atoms with Crippen LogP contribution in [0.25, 0.3) is 0 Å². The van der Waals surface area contributed by atoms with E-state index in [2.05, 4.69) is 19.1 Å². The Labute approximate surface area is 132 Å². The van der Waals surface area contributed by atoms with Gasteiger partial charge in [0.25, 0.3) is 0 Å². The molecule has 0 fully saturated rings. The molecule has 0 aliphatic carbocycles. The third-order valence-corrected chi connectivity index (χ3v) is 5.82. The number of hydrogen-bond donors (Lipinski definition) is 0. The molecular formula is C16H25O3PS. The molecule has 1 aromatic rings. The van der Waals surface area contributed by atoms with Crippen LogP contribution >= 0.6 is 19.4 Å². The normalized spacial score (nSPS) is 12.6. The van der Waals surface area contributed by atoms with Gasteiger partial charge in [0.15, 0.2) is 0 Å². The van der Waals surface area contributed by atoms with E-state index in [0.29, 0.717) is 13.2 Å². The van der Waals surface area contributed by atoms with Gasteiger partial charge in [-0.25, -0.2) is 0 Å². The van der Waals surface area contributed by atoms with Crippen molar-refractivity contribution in [1.82, 2.24) is 0 Å². The molecule has 3 nitrogen and oxygen atoms in total. The quantitative estimate of drug-likeness (QED) is 0.385. The summed E-state index contributed by atoms with van der Waals surface area (Å²) in [5, 5.41) is 0. The van der Waals surface area contributed by atoms with E-state index >= 15 is 0 Å². The molecule has 0 atom stereocenters. The molecule has 1 rings (SSSR count). The van der Waals surface area contributed by atoms with Crippen LogP contribution in [0.2, 0.25) is 0 Å². The Morgan fingerprint density at radius 1 is 1.14 bits per heavy atom. The van der Waals surface area contributed by atoms with E-state index in [1.54, 1.807) is 17.6 Å². The van der Waals surface area contributed by atoms with Gasteiger partial charge < -0.3 is 9.05 Å². The third kappa shape index (κ3) is 7.32. The molecule has 0 unspecified atom stereocenters. The number of rotatable bonds is 10. The molecule has 0 aliphatic rings. The molecule has 0 aromatic heterocycles. The van der Waals surface area contributed by atoms with Crippen LogP contribution in [0.3, 0.4) is 0 Å². The molecule has 0 radical (unpaired) electrons. The smallest absolute Gasteiger partial charge is 0.306 e. The second-order valence-electron chi connectivity index (χ2n) is 4.49. The fourth-order valence-corrected chi connectivity index (χ4v) is 4.65. The zero-order valence-corrected chi connectivity index (χ0v) is 14.8. The summed E-state index contributed by atoms with van der Waals surface area (Å²) in [4.78, 5) is 2.19. The highest BCUT2D eigenvalue weighted by molar-refractivity contribution is 8.03. The lowest BCUT2D eigenvalue weighted by atomic mass is 10.2. The van der Waals surface area contributed by atoms with E-state index in [9.17, 15) is 4.57 Å². The maximum atomic E-state index is 12.6. The van der Waals surface area contributed by atoms with Crippen molar-refractivity contribution in [1.29, 1.82) is 0 Å². The Morgan fingerprint density at radius 2 is 1.76 bits per heavy atom. The van der Waals surface area contributed by atoms with Crippen molar-refractivity contribution >= 4 is 19.4 Å². The highest BCUT2D eigenvalue weighted by Crippen LogP contribution is 2.52. The zero-order valence-electron chi connectivity index (χ0n) is 13.1. The fraction of sp³-hybridized carbons (Fsp3) is 0.500. The van der Waals surface area contributed by atoms with E-state index in [-0.39, 0.29) is 0 Å². The molecule has 21 heavy (non-hydrogen) atoms. The number of allylic oxidation sites excluding steroid dienone is 1. The Morgan fingerprint density at radius 3 is 2.29 bits per heavy atom. The summed E-state index contributed by atoms with van der Waals surface area (Å²) in [6.45, 7) is 6.57. The Hall–Kier alpha value is -0.540. The van der Waals surface area contributed by atoms with Gasteiger partial charge in [-0.15, -0.1) is 0 Å². The van der Waals surface area contributed by atoms with Crippen LogP contribution in [0.1, 0.15) is 40.0 Å². The SMILES string of the molecule is CCCC/C(=C/P(=O)(OCC)OCC)Sc1ccccc1. The van der Waals surface area contributed by atoms with E-state index in [1.165, 1.54) is 0 Å². The van der Waals surface area contributed by atoms with Gasteiger partial charge in [-0.05, 0) is 43.7 Å². The van der Waals surface area contributed by atoms with Gasteiger partial charge >= 0.3 is 7.60 Å². The molecule has 0 heterocycles. The lowest BCUT2D eigenvalue weighted by Gasteiger charge is -2.15. The first-order valence-corrected chi connectivity index (χ1v) is 9.89. The number of hydrogen-bond acceptors (Lipinski definition) is 4.